The van der Waals surface area contributed by atoms with E-state index in [2.05, 4.69) is 20.8 Å². The first kappa shape index (κ1) is 34.5. The highest BCUT2D eigenvalue weighted by atomic mass is 31.1. The lowest BCUT2D eigenvalue weighted by atomic mass is 10.1. The van der Waals surface area contributed by atoms with Gasteiger partial charge in [-0.25, -0.2) is 0 Å². The molecule has 0 aromatic heterocycles. The van der Waals surface area contributed by atoms with Gasteiger partial charge >= 0.3 is 0 Å². The Kier molecular flexibility index (Phi) is 35.7. The van der Waals surface area contributed by atoms with E-state index in [-0.39, 0.29) is 6.15 Å². The minimum absolute atomic E-state index is 0. The minimum atomic E-state index is -0.833. The van der Waals surface area contributed by atoms with Gasteiger partial charge in [0.05, 0.1) is 0 Å². The molecule has 30 heavy (non-hydrogen) atoms. The molecule has 0 radical (unpaired) electrons. The van der Waals surface area contributed by atoms with Crippen LogP contribution in [0.2, 0.25) is 0 Å². The molecule has 0 unspecified atom stereocenters. The molecule has 4 N–H and O–H groups in total. The van der Waals surface area contributed by atoms with Crippen molar-refractivity contribution in [3.05, 3.63) is 0 Å². The predicted molar refractivity (Wildman–Crippen MR) is 140 cm³/mol. The van der Waals surface area contributed by atoms with E-state index in [1.165, 1.54) is 116 Å². The maximum absolute atomic E-state index is 9.00. The normalized spacial score (nSPS) is 10.4. The molecule has 184 valence electrons. The molecule has 0 saturated carbocycles. The van der Waals surface area contributed by atoms with Crippen molar-refractivity contribution in [3.63, 3.8) is 0 Å². The Hall–Kier alpha value is -0.140. The zero-order valence-electron chi connectivity index (χ0n) is 21.4. The zero-order valence-corrected chi connectivity index (χ0v) is 22.3. The first-order valence-electron chi connectivity index (χ1n) is 13.0. The smallest absolute Gasteiger partial charge is 0.300 e. The van der Waals surface area contributed by atoms with Crippen molar-refractivity contribution in [1.29, 1.82) is 0 Å². The molecule has 0 aliphatic carbocycles. The Morgan fingerprint density at radius 3 is 0.967 bits per heavy atom. The zero-order chi connectivity index (χ0) is 22.0. The summed E-state index contributed by atoms with van der Waals surface area (Å²) in [5.74, 6) is -0.833. The van der Waals surface area contributed by atoms with Crippen molar-refractivity contribution >= 4 is 13.9 Å². The summed E-state index contributed by atoms with van der Waals surface area (Å²) >= 11 is 0. The van der Waals surface area contributed by atoms with Crippen molar-refractivity contribution < 1.29 is 9.90 Å². The summed E-state index contributed by atoms with van der Waals surface area (Å²) < 4.78 is 0. The van der Waals surface area contributed by atoms with Crippen molar-refractivity contribution in [3.8, 4) is 0 Å². The van der Waals surface area contributed by atoms with Gasteiger partial charge in [-0.05, 0) is 37.7 Å². The monoisotopic (exact) mass is 447 g/mol. The molecule has 0 bridgehead atoms. The van der Waals surface area contributed by atoms with Crippen molar-refractivity contribution in [2.45, 2.75) is 143 Å². The quantitative estimate of drug-likeness (QED) is 0.136. The maximum atomic E-state index is 9.00. The van der Waals surface area contributed by atoms with Crippen LogP contribution in [0.3, 0.4) is 0 Å². The van der Waals surface area contributed by atoms with Crippen LogP contribution in [0.5, 0.6) is 0 Å². The fraction of sp³-hybridized carbons (Fsp3) is 0.962. The van der Waals surface area contributed by atoms with Crippen molar-refractivity contribution in [1.82, 2.24) is 6.15 Å². The first-order valence-corrected chi connectivity index (χ1v) is 14.9. The second kappa shape index (κ2) is 31.0. The number of aliphatic carboxylic acids is 1. The van der Waals surface area contributed by atoms with E-state index in [4.69, 9.17) is 9.90 Å². The maximum Gasteiger partial charge on any atom is 0.300 e. The van der Waals surface area contributed by atoms with Crippen LogP contribution < -0.4 is 6.15 Å². The molecule has 0 atom stereocenters. The van der Waals surface area contributed by atoms with Crippen LogP contribution in [-0.2, 0) is 4.79 Å². The Labute approximate surface area is 191 Å². The number of rotatable bonds is 21. The lowest BCUT2D eigenvalue weighted by molar-refractivity contribution is -0.134. The van der Waals surface area contributed by atoms with E-state index in [1.807, 2.05) is 0 Å². The fourth-order valence-corrected chi connectivity index (χ4v) is 6.37. The van der Waals surface area contributed by atoms with Gasteiger partial charge in [0.25, 0.3) is 5.97 Å². The lowest BCUT2D eigenvalue weighted by Crippen LogP contribution is -1.97. The Balaban J connectivity index is -0.00000133. The molecular weight excluding hydrogens is 389 g/mol. The van der Waals surface area contributed by atoms with E-state index in [0.29, 0.717) is 7.92 Å². The number of carboxylic acid groups (broad SMARTS) is 1. The molecule has 0 heterocycles. The third kappa shape index (κ3) is 35.3. The molecular formula is C26H58NO2P. The Bertz CT molecular complexity index is 271. The third-order valence-corrected chi connectivity index (χ3v) is 8.33. The van der Waals surface area contributed by atoms with Gasteiger partial charge in [-0.2, -0.15) is 0 Å². The lowest BCUT2D eigenvalue weighted by Gasteiger charge is -2.18. The largest absolute Gasteiger partial charge is 0.481 e. The van der Waals surface area contributed by atoms with Gasteiger partial charge in [-0.3, -0.25) is 4.79 Å². The fourth-order valence-electron chi connectivity index (χ4n) is 3.68. The van der Waals surface area contributed by atoms with E-state index in [1.54, 1.807) is 18.5 Å². The molecule has 0 aromatic carbocycles. The third-order valence-electron chi connectivity index (χ3n) is 5.48. The summed E-state index contributed by atoms with van der Waals surface area (Å²) in [5, 5.41) is 7.42. The number of carboxylic acids is 1. The molecule has 0 aliphatic heterocycles. The molecule has 0 saturated heterocycles. The van der Waals surface area contributed by atoms with Crippen LogP contribution >= 0.6 is 7.92 Å². The average molecular weight is 448 g/mol. The molecule has 4 heteroatoms. The molecule has 0 fully saturated rings. The summed E-state index contributed by atoms with van der Waals surface area (Å²) in [6.07, 6.45) is 31.2. The molecule has 0 aromatic rings. The summed E-state index contributed by atoms with van der Waals surface area (Å²) in [6, 6.07) is 0. The van der Waals surface area contributed by atoms with E-state index in [9.17, 15) is 0 Å². The van der Waals surface area contributed by atoms with Gasteiger partial charge in [-0.1, -0.05) is 117 Å². The summed E-state index contributed by atoms with van der Waals surface area (Å²) in [6.45, 7) is 8.04. The highest BCUT2D eigenvalue weighted by Gasteiger charge is 2.07. The second-order valence-electron chi connectivity index (χ2n) is 8.66. The topological polar surface area (TPSA) is 72.3 Å². The molecule has 0 aliphatic rings. The summed E-state index contributed by atoms with van der Waals surface area (Å²) in [5.41, 5.74) is 0. The van der Waals surface area contributed by atoms with Crippen LogP contribution in [0.4, 0.5) is 0 Å². The van der Waals surface area contributed by atoms with Gasteiger partial charge in [0.1, 0.15) is 0 Å². The van der Waals surface area contributed by atoms with E-state index < -0.39 is 5.97 Å². The standard InChI is InChI=1S/C24H51P.C2H4O2.H3N/c1-4-7-10-13-16-19-22-25(23-20-17-14-11-8-5-2)24-21-18-15-12-9-6-3;1-2(3)4;/h4-24H2,1-3H3;1H3,(H,3,4);1H3. The summed E-state index contributed by atoms with van der Waals surface area (Å²) in [4.78, 5) is 9.00. The van der Waals surface area contributed by atoms with Gasteiger partial charge < -0.3 is 11.3 Å². The Morgan fingerprint density at radius 1 is 0.533 bits per heavy atom. The van der Waals surface area contributed by atoms with Gasteiger partial charge in [0.2, 0.25) is 0 Å². The van der Waals surface area contributed by atoms with Crippen molar-refractivity contribution in [2.75, 3.05) is 18.5 Å². The van der Waals surface area contributed by atoms with Crippen LogP contribution in [0.1, 0.15) is 143 Å². The number of carbonyl (C=O) groups is 1. The number of unbranched alkanes of at least 4 members (excludes halogenated alkanes) is 15. The van der Waals surface area contributed by atoms with Crippen LogP contribution in [0.15, 0.2) is 0 Å². The van der Waals surface area contributed by atoms with Crippen molar-refractivity contribution in [2.24, 2.45) is 0 Å². The van der Waals surface area contributed by atoms with E-state index in [0.717, 1.165) is 6.92 Å². The molecule has 0 rings (SSSR count). The van der Waals surface area contributed by atoms with E-state index >= 15 is 0 Å². The number of hydrogen-bond acceptors (Lipinski definition) is 2. The van der Waals surface area contributed by atoms with Gasteiger partial charge in [0, 0.05) is 6.92 Å². The van der Waals surface area contributed by atoms with Crippen LogP contribution in [-0.4, -0.2) is 29.6 Å². The molecule has 3 nitrogen and oxygen atoms in total. The second-order valence-corrected chi connectivity index (χ2v) is 11.3. The highest BCUT2D eigenvalue weighted by molar-refractivity contribution is 7.57. The first-order chi connectivity index (χ1) is 14.1. The number of hydrogen-bond donors (Lipinski definition) is 2. The minimum Gasteiger partial charge on any atom is -0.481 e. The van der Waals surface area contributed by atoms with Gasteiger partial charge in [-0.15, -0.1) is 7.92 Å². The Morgan fingerprint density at radius 2 is 0.733 bits per heavy atom. The highest BCUT2D eigenvalue weighted by Crippen LogP contribution is 2.39. The van der Waals surface area contributed by atoms with Crippen LogP contribution in [0, 0.1) is 0 Å². The SMILES string of the molecule is CC(=O)O.CCCCCCCCP(CCCCCCCC)CCCCCCCC.N. The molecule has 0 amide bonds. The predicted octanol–water partition coefficient (Wildman–Crippen LogP) is 9.80. The van der Waals surface area contributed by atoms with Gasteiger partial charge in [0.15, 0.2) is 0 Å². The average Bonchev–Trinajstić information content (AvgIpc) is 2.68. The summed E-state index contributed by atoms with van der Waals surface area (Å²) in [7, 11) is 0.366. The van der Waals surface area contributed by atoms with Crippen LogP contribution in [0.25, 0.3) is 0 Å². The molecule has 0 spiro atoms.